The van der Waals surface area contributed by atoms with E-state index in [1.165, 1.54) is 0 Å². The third kappa shape index (κ3) is 4.70. The van der Waals surface area contributed by atoms with E-state index in [2.05, 4.69) is 10.1 Å². The Morgan fingerprint density at radius 3 is 2.34 bits per heavy atom. The van der Waals surface area contributed by atoms with Gasteiger partial charge in [-0.05, 0) is 56.3 Å². The van der Waals surface area contributed by atoms with Crippen LogP contribution in [0.2, 0.25) is 0 Å². The van der Waals surface area contributed by atoms with E-state index >= 15 is 0 Å². The molecule has 0 bridgehead atoms. The lowest BCUT2D eigenvalue weighted by molar-refractivity contribution is 0.0621. The first-order valence-electron chi connectivity index (χ1n) is 11.8. The molecule has 2 aromatic carbocycles. The molecule has 5 rings (SSSR count). The van der Waals surface area contributed by atoms with Crippen molar-refractivity contribution in [3.05, 3.63) is 83.4 Å². The lowest BCUT2D eigenvalue weighted by Gasteiger charge is -2.34. The van der Waals surface area contributed by atoms with E-state index in [1.54, 1.807) is 7.11 Å². The number of benzene rings is 2. The van der Waals surface area contributed by atoms with Gasteiger partial charge < -0.3 is 14.2 Å². The molecule has 1 aliphatic heterocycles. The highest BCUT2D eigenvalue weighted by atomic mass is 16.5. The van der Waals surface area contributed by atoms with Crippen LogP contribution in [0.3, 0.4) is 0 Å². The Bertz CT molecular complexity index is 1280. The van der Waals surface area contributed by atoms with Gasteiger partial charge in [0.15, 0.2) is 5.69 Å². The van der Waals surface area contributed by atoms with Crippen LogP contribution in [-0.2, 0) is 6.54 Å². The zero-order chi connectivity index (χ0) is 24.4. The standard InChI is InChI=1S/C27H29N5O3/c1-19-24(20(2)35-29-19)18-30-13-15-31(16-14-30)27(33)25-17-26(21-9-11-23(34-3)12-10-21)32(28-25)22-7-5-4-6-8-22/h4-12,17H,13-16,18H2,1-3H3. The predicted molar refractivity (Wildman–Crippen MR) is 133 cm³/mol. The van der Waals surface area contributed by atoms with Crippen molar-refractivity contribution < 1.29 is 14.1 Å². The molecule has 180 valence electrons. The Labute approximate surface area is 204 Å². The highest BCUT2D eigenvalue weighted by Gasteiger charge is 2.26. The quantitative estimate of drug-likeness (QED) is 0.421. The molecular formula is C27H29N5O3. The predicted octanol–water partition coefficient (Wildman–Crippen LogP) is 4.11. The zero-order valence-electron chi connectivity index (χ0n) is 20.3. The van der Waals surface area contributed by atoms with Gasteiger partial charge in [0.1, 0.15) is 11.5 Å². The van der Waals surface area contributed by atoms with Gasteiger partial charge in [0.05, 0.1) is 24.2 Å². The molecule has 0 aliphatic carbocycles. The van der Waals surface area contributed by atoms with Gasteiger partial charge in [0, 0.05) is 43.9 Å². The van der Waals surface area contributed by atoms with Crippen LogP contribution in [0.25, 0.3) is 16.9 Å². The fraction of sp³-hybridized carbons (Fsp3) is 0.296. The lowest BCUT2D eigenvalue weighted by atomic mass is 10.1. The van der Waals surface area contributed by atoms with Gasteiger partial charge in [0.2, 0.25) is 0 Å². The maximum Gasteiger partial charge on any atom is 0.274 e. The number of aryl methyl sites for hydroxylation is 2. The molecule has 35 heavy (non-hydrogen) atoms. The maximum absolute atomic E-state index is 13.4. The molecule has 1 fully saturated rings. The topological polar surface area (TPSA) is 76.6 Å². The summed E-state index contributed by atoms with van der Waals surface area (Å²) < 4.78 is 12.4. The highest BCUT2D eigenvalue weighted by Crippen LogP contribution is 2.27. The number of nitrogens with zero attached hydrogens (tertiary/aromatic N) is 5. The molecular weight excluding hydrogens is 442 g/mol. The normalized spacial score (nSPS) is 14.3. The molecule has 0 N–H and O–H groups in total. The largest absolute Gasteiger partial charge is 0.497 e. The number of rotatable bonds is 6. The Kier molecular flexibility index (Phi) is 6.37. The number of carbonyl (C=O) groups excluding carboxylic acids is 1. The lowest BCUT2D eigenvalue weighted by Crippen LogP contribution is -2.48. The first kappa shape index (κ1) is 22.9. The summed E-state index contributed by atoms with van der Waals surface area (Å²) in [7, 11) is 1.65. The second-order valence-electron chi connectivity index (χ2n) is 8.76. The molecule has 8 nitrogen and oxygen atoms in total. The second-order valence-corrected chi connectivity index (χ2v) is 8.76. The number of methoxy groups -OCH3 is 1. The van der Waals surface area contributed by atoms with Crippen molar-refractivity contribution in [2.24, 2.45) is 0 Å². The summed E-state index contributed by atoms with van der Waals surface area (Å²) >= 11 is 0. The highest BCUT2D eigenvalue weighted by molar-refractivity contribution is 5.93. The number of amides is 1. The SMILES string of the molecule is COc1ccc(-c2cc(C(=O)N3CCN(Cc4c(C)noc4C)CC3)nn2-c2ccccc2)cc1. The molecule has 0 radical (unpaired) electrons. The molecule has 0 atom stereocenters. The Hall–Kier alpha value is -3.91. The van der Waals surface area contributed by atoms with Crippen LogP contribution in [0.4, 0.5) is 0 Å². The second kappa shape index (κ2) is 9.76. The zero-order valence-corrected chi connectivity index (χ0v) is 20.3. The van der Waals surface area contributed by atoms with E-state index in [0.29, 0.717) is 18.8 Å². The fourth-order valence-corrected chi connectivity index (χ4v) is 4.44. The molecule has 3 heterocycles. The van der Waals surface area contributed by atoms with Crippen LogP contribution < -0.4 is 4.74 Å². The Morgan fingerprint density at radius 2 is 1.71 bits per heavy atom. The minimum atomic E-state index is -0.0496. The van der Waals surface area contributed by atoms with Gasteiger partial charge in [-0.3, -0.25) is 9.69 Å². The van der Waals surface area contributed by atoms with Crippen LogP contribution in [-0.4, -0.2) is 63.9 Å². The Balaban J connectivity index is 1.36. The molecule has 1 saturated heterocycles. The van der Waals surface area contributed by atoms with E-state index < -0.39 is 0 Å². The minimum Gasteiger partial charge on any atom is -0.497 e. The van der Waals surface area contributed by atoms with Gasteiger partial charge in [-0.15, -0.1) is 0 Å². The summed E-state index contributed by atoms with van der Waals surface area (Å²) in [5.74, 6) is 1.59. The molecule has 0 saturated carbocycles. The van der Waals surface area contributed by atoms with E-state index in [-0.39, 0.29) is 5.91 Å². The molecule has 1 amide bonds. The van der Waals surface area contributed by atoms with Crippen molar-refractivity contribution in [3.8, 4) is 22.7 Å². The molecule has 0 unspecified atom stereocenters. The number of para-hydroxylation sites is 1. The van der Waals surface area contributed by atoms with Gasteiger partial charge in [0.25, 0.3) is 5.91 Å². The van der Waals surface area contributed by atoms with Crippen molar-refractivity contribution in [2.75, 3.05) is 33.3 Å². The van der Waals surface area contributed by atoms with Crippen LogP contribution in [0, 0.1) is 13.8 Å². The third-order valence-electron chi connectivity index (χ3n) is 6.54. The monoisotopic (exact) mass is 471 g/mol. The summed E-state index contributed by atoms with van der Waals surface area (Å²) in [5.41, 5.74) is 5.24. The number of aromatic nitrogens is 3. The number of piperazine rings is 1. The average Bonchev–Trinajstić information content (AvgIpc) is 3.49. The van der Waals surface area contributed by atoms with E-state index in [9.17, 15) is 4.79 Å². The van der Waals surface area contributed by atoms with E-state index in [0.717, 1.165) is 59.3 Å². The van der Waals surface area contributed by atoms with Crippen LogP contribution in [0.5, 0.6) is 5.75 Å². The van der Waals surface area contributed by atoms with Crippen molar-refractivity contribution in [1.82, 2.24) is 24.7 Å². The molecule has 0 spiro atoms. The van der Waals surface area contributed by atoms with Crippen molar-refractivity contribution >= 4 is 5.91 Å². The van der Waals surface area contributed by atoms with Gasteiger partial charge in [-0.1, -0.05) is 23.4 Å². The summed E-state index contributed by atoms with van der Waals surface area (Å²) in [5, 5.41) is 8.79. The molecule has 1 aliphatic rings. The van der Waals surface area contributed by atoms with Crippen LogP contribution >= 0.6 is 0 Å². The summed E-state index contributed by atoms with van der Waals surface area (Å²) in [4.78, 5) is 17.7. The van der Waals surface area contributed by atoms with Crippen LogP contribution in [0.15, 0.2) is 65.2 Å². The van der Waals surface area contributed by atoms with Crippen molar-refractivity contribution in [1.29, 1.82) is 0 Å². The Morgan fingerprint density at radius 1 is 1.00 bits per heavy atom. The van der Waals surface area contributed by atoms with Crippen LogP contribution in [0.1, 0.15) is 27.5 Å². The minimum absolute atomic E-state index is 0.0496. The summed E-state index contributed by atoms with van der Waals surface area (Å²) in [6, 6.07) is 19.6. The number of hydrogen-bond donors (Lipinski definition) is 0. The molecule has 8 heteroatoms. The van der Waals surface area contributed by atoms with Gasteiger partial charge >= 0.3 is 0 Å². The third-order valence-corrected chi connectivity index (χ3v) is 6.54. The van der Waals surface area contributed by atoms with Crippen molar-refractivity contribution in [3.63, 3.8) is 0 Å². The first-order chi connectivity index (χ1) is 17.0. The smallest absolute Gasteiger partial charge is 0.274 e. The molecule has 2 aromatic heterocycles. The fourth-order valence-electron chi connectivity index (χ4n) is 4.44. The molecule has 4 aromatic rings. The number of hydrogen-bond acceptors (Lipinski definition) is 6. The van der Waals surface area contributed by atoms with Gasteiger partial charge in [-0.2, -0.15) is 5.10 Å². The van der Waals surface area contributed by atoms with Gasteiger partial charge in [-0.25, -0.2) is 4.68 Å². The van der Waals surface area contributed by atoms with E-state index in [1.807, 2.05) is 84.1 Å². The average molecular weight is 472 g/mol. The number of ether oxygens (including phenoxy) is 1. The summed E-state index contributed by atoms with van der Waals surface area (Å²) in [6.07, 6.45) is 0. The maximum atomic E-state index is 13.4. The van der Waals surface area contributed by atoms with Crippen molar-refractivity contribution in [2.45, 2.75) is 20.4 Å². The number of carbonyl (C=O) groups is 1. The van der Waals surface area contributed by atoms with E-state index in [4.69, 9.17) is 14.4 Å². The summed E-state index contributed by atoms with van der Waals surface area (Å²) in [6.45, 7) is 7.58. The first-order valence-corrected chi connectivity index (χ1v) is 11.8.